The molecule has 0 bridgehead atoms. The third-order valence-corrected chi connectivity index (χ3v) is 2.14. The highest BCUT2D eigenvalue weighted by Crippen LogP contribution is 2.06. The Hall–Kier alpha value is -2.31. The van der Waals surface area contributed by atoms with Crippen molar-refractivity contribution in [1.82, 2.24) is 10.4 Å². The van der Waals surface area contributed by atoms with Gasteiger partial charge in [0.15, 0.2) is 0 Å². The molecule has 1 aromatic rings. The molecule has 1 aliphatic rings. The summed E-state index contributed by atoms with van der Waals surface area (Å²) in [6.07, 6.45) is 1.50. The molecule has 0 saturated carbocycles. The first-order valence-corrected chi connectivity index (χ1v) is 4.93. The van der Waals surface area contributed by atoms with Crippen LogP contribution in [0.1, 0.15) is 12.8 Å². The number of pyridine rings is 1. The van der Waals surface area contributed by atoms with Gasteiger partial charge in [-0.1, -0.05) is 0 Å². The summed E-state index contributed by atoms with van der Waals surface area (Å²) in [6, 6.07) is 2.53. The quantitative estimate of drug-likeness (QED) is 0.780. The number of hydrogen-bond acceptors (Lipinski definition) is 4. The van der Waals surface area contributed by atoms with Crippen molar-refractivity contribution in [3.05, 3.63) is 24.1 Å². The van der Waals surface area contributed by atoms with E-state index in [1.807, 2.05) is 0 Å². The van der Waals surface area contributed by atoms with Crippen molar-refractivity contribution in [2.45, 2.75) is 12.8 Å². The Morgan fingerprint density at radius 3 is 2.82 bits per heavy atom. The van der Waals surface area contributed by atoms with Gasteiger partial charge < -0.3 is 5.32 Å². The van der Waals surface area contributed by atoms with Crippen LogP contribution >= 0.6 is 0 Å². The van der Waals surface area contributed by atoms with Crippen LogP contribution in [0.15, 0.2) is 23.4 Å². The predicted octanol–water partition coefficient (Wildman–Crippen LogP) is 0.425. The molecule has 1 aromatic heterocycles. The van der Waals surface area contributed by atoms with Crippen LogP contribution in [0.5, 0.6) is 0 Å². The highest BCUT2D eigenvalue weighted by atomic mass is 19.1. The molecule has 1 aliphatic heterocycles. The van der Waals surface area contributed by atoms with Gasteiger partial charge in [0.1, 0.15) is 17.3 Å². The molecule has 0 atom stereocenters. The van der Waals surface area contributed by atoms with Crippen molar-refractivity contribution in [3.63, 3.8) is 0 Å². The highest BCUT2D eigenvalue weighted by Gasteiger charge is 2.18. The van der Waals surface area contributed by atoms with Gasteiger partial charge in [0.2, 0.25) is 5.91 Å². The van der Waals surface area contributed by atoms with Crippen LogP contribution in [-0.4, -0.2) is 22.5 Å². The molecule has 6 nitrogen and oxygen atoms in total. The minimum atomic E-state index is -0.481. The zero-order valence-electron chi connectivity index (χ0n) is 8.74. The van der Waals surface area contributed by atoms with Crippen LogP contribution in [0.25, 0.3) is 0 Å². The van der Waals surface area contributed by atoms with Crippen molar-refractivity contribution in [3.8, 4) is 0 Å². The lowest BCUT2D eigenvalue weighted by molar-refractivity contribution is -0.121. The fourth-order valence-corrected chi connectivity index (χ4v) is 1.28. The van der Waals surface area contributed by atoms with Gasteiger partial charge in [0.25, 0.3) is 5.91 Å². The second kappa shape index (κ2) is 4.69. The molecular formula is C10H9FN4O2. The zero-order valence-corrected chi connectivity index (χ0v) is 8.74. The number of hydrazone groups is 1. The zero-order chi connectivity index (χ0) is 12.3. The van der Waals surface area contributed by atoms with Crippen molar-refractivity contribution >= 4 is 23.3 Å². The summed E-state index contributed by atoms with van der Waals surface area (Å²) >= 11 is 0. The van der Waals surface area contributed by atoms with E-state index in [-0.39, 0.29) is 30.3 Å². The van der Waals surface area contributed by atoms with Crippen LogP contribution in [-0.2, 0) is 9.59 Å². The van der Waals surface area contributed by atoms with Gasteiger partial charge in [-0.15, -0.1) is 0 Å². The number of aromatic nitrogens is 1. The molecular weight excluding hydrogens is 227 g/mol. The second-order valence-electron chi connectivity index (χ2n) is 3.41. The summed E-state index contributed by atoms with van der Waals surface area (Å²) in [5.74, 6) is -0.924. The third kappa shape index (κ3) is 2.83. The fraction of sp³-hybridized carbons (Fsp3) is 0.200. The molecule has 0 fully saturated rings. The van der Waals surface area contributed by atoms with Gasteiger partial charge in [0.05, 0.1) is 6.20 Å². The average molecular weight is 236 g/mol. The highest BCUT2D eigenvalue weighted by molar-refractivity contribution is 6.43. The Balaban J connectivity index is 2.02. The van der Waals surface area contributed by atoms with E-state index in [0.29, 0.717) is 0 Å². The van der Waals surface area contributed by atoms with Gasteiger partial charge in [-0.3, -0.25) is 9.59 Å². The molecule has 0 saturated heterocycles. The predicted molar refractivity (Wildman–Crippen MR) is 57.6 cm³/mol. The summed E-state index contributed by atoms with van der Waals surface area (Å²) in [5.41, 5.74) is 2.43. The van der Waals surface area contributed by atoms with E-state index >= 15 is 0 Å². The van der Waals surface area contributed by atoms with Gasteiger partial charge in [-0.25, -0.2) is 14.8 Å². The molecule has 0 aliphatic carbocycles. The SMILES string of the molecule is O=C1CCC(C(=O)Nc2ccc(F)cn2)=NN1. The number of nitrogens with zero attached hydrogens (tertiary/aromatic N) is 2. The number of halogens is 1. The summed E-state index contributed by atoms with van der Waals surface area (Å²) in [7, 11) is 0. The fourth-order valence-electron chi connectivity index (χ4n) is 1.28. The first-order chi connectivity index (χ1) is 8.15. The minimum absolute atomic E-state index is 0.218. The number of anilines is 1. The Labute approximate surface area is 95.9 Å². The number of amides is 2. The largest absolute Gasteiger partial charge is 0.305 e. The van der Waals surface area contributed by atoms with E-state index in [9.17, 15) is 14.0 Å². The summed E-state index contributed by atoms with van der Waals surface area (Å²) < 4.78 is 12.6. The summed E-state index contributed by atoms with van der Waals surface area (Å²) in [6.45, 7) is 0. The van der Waals surface area contributed by atoms with Crippen LogP contribution in [0.3, 0.4) is 0 Å². The average Bonchev–Trinajstić information content (AvgIpc) is 2.33. The number of carbonyl (C=O) groups is 2. The van der Waals surface area contributed by atoms with E-state index in [1.54, 1.807) is 0 Å². The number of carbonyl (C=O) groups excluding carboxylic acids is 2. The van der Waals surface area contributed by atoms with E-state index in [0.717, 1.165) is 6.20 Å². The molecule has 2 amide bonds. The van der Waals surface area contributed by atoms with Crippen molar-refractivity contribution in [2.24, 2.45) is 5.10 Å². The maximum absolute atomic E-state index is 12.6. The molecule has 88 valence electrons. The topological polar surface area (TPSA) is 83.5 Å². The summed E-state index contributed by atoms with van der Waals surface area (Å²) in [5, 5.41) is 6.08. The van der Waals surface area contributed by atoms with Gasteiger partial charge >= 0.3 is 0 Å². The Morgan fingerprint density at radius 1 is 1.41 bits per heavy atom. The molecule has 2 N–H and O–H groups in total. The first-order valence-electron chi connectivity index (χ1n) is 4.93. The molecule has 7 heteroatoms. The van der Waals surface area contributed by atoms with Gasteiger partial charge in [-0.2, -0.15) is 5.10 Å². The van der Waals surface area contributed by atoms with E-state index < -0.39 is 11.7 Å². The van der Waals surface area contributed by atoms with Crippen LogP contribution < -0.4 is 10.7 Å². The normalized spacial score (nSPS) is 14.9. The molecule has 0 radical (unpaired) electrons. The maximum atomic E-state index is 12.6. The molecule has 0 unspecified atom stereocenters. The molecule has 17 heavy (non-hydrogen) atoms. The third-order valence-electron chi connectivity index (χ3n) is 2.14. The Morgan fingerprint density at radius 2 is 2.24 bits per heavy atom. The van der Waals surface area contributed by atoms with Crippen molar-refractivity contribution < 1.29 is 14.0 Å². The van der Waals surface area contributed by atoms with E-state index in [2.05, 4.69) is 20.8 Å². The standard InChI is InChI=1S/C10H9FN4O2/c11-6-1-3-8(12-5-6)13-10(17)7-2-4-9(16)15-14-7/h1,3,5H,2,4H2,(H,15,16)(H,12,13,17). The lowest BCUT2D eigenvalue weighted by atomic mass is 10.1. The monoisotopic (exact) mass is 236 g/mol. The summed E-state index contributed by atoms with van der Waals surface area (Å²) in [4.78, 5) is 26.1. The Bertz CT molecular complexity index is 484. The molecule has 0 spiro atoms. The number of hydrogen-bond donors (Lipinski definition) is 2. The number of rotatable bonds is 2. The van der Waals surface area contributed by atoms with E-state index in [1.165, 1.54) is 12.1 Å². The van der Waals surface area contributed by atoms with Crippen LogP contribution in [0, 0.1) is 5.82 Å². The minimum Gasteiger partial charge on any atom is -0.305 e. The van der Waals surface area contributed by atoms with Gasteiger partial charge in [-0.05, 0) is 12.1 Å². The maximum Gasteiger partial charge on any atom is 0.273 e. The van der Waals surface area contributed by atoms with E-state index in [4.69, 9.17) is 0 Å². The number of nitrogens with one attached hydrogen (secondary N) is 2. The van der Waals surface area contributed by atoms with Crippen molar-refractivity contribution in [1.29, 1.82) is 0 Å². The molecule has 2 rings (SSSR count). The van der Waals surface area contributed by atoms with Crippen LogP contribution in [0.4, 0.5) is 10.2 Å². The van der Waals surface area contributed by atoms with Gasteiger partial charge in [0, 0.05) is 12.8 Å². The Kier molecular flexibility index (Phi) is 3.08. The second-order valence-corrected chi connectivity index (χ2v) is 3.41. The molecule has 0 aromatic carbocycles. The lowest BCUT2D eigenvalue weighted by Gasteiger charge is -2.11. The first kappa shape index (κ1) is 11.2. The smallest absolute Gasteiger partial charge is 0.273 e. The van der Waals surface area contributed by atoms with Crippen LogP contribution in [0.2, 0.25) is 0 Å². The molecule has 2 heterocycles. The lowest BCUT2D eigenvalue weighted by Crippen LogP contribution is -2.32. The van der Waals surface area contributed by atoms with Crippen molar-refractivity contribution in [2.75, 3.05) is 5.32 Å².